The van der Waals surface area contributed by atoms with E-state index in [2.05, 4.69) is 18.9 Å². The Morgan fingerprint density at radius 2 is 2.24 bits per heavy atom. The van der Waals surface area contributed by atoms with Gasteiger partial charge in [-0.15, -0.1) is 0 Å². The topological polar surface area (TPSA) is 60.9 Å². The zero-order valence-corrected chi connectivity index (χ0v) is 11.7. The van der Waals surface area contributed by atoms with Gasteiger partial charge in [-0.2, -0.15) is 5.10 Å². The van der Waals surface area contributed by atoms with Crippen LogP contribution in [-0.2, 0) is 16.6 Å². The number of nitrogens with two attached hydrogens (primary N) is 1. The normalized spacial score (nSPS) is 16.7. The lowest BCUT2D eigenvalue weighted by Gasteiger charge is -2.08. The van der Waals surface area contributed by atoms with Gasteiger partial charge in [-0.1, -0.05) is 13.8 Å². The molecule has 0 bridgehead atoms. The van der Waals surface area contributed by atoms with Crippen molar-refractivity contribution in [2.24, 2.45) is 11.7 Å². The highest BCUT2D eigenvalue weighted by Crippen LogP contribution is 2.10. The Bertz CT molecular complexity index is 364. The lowest BCUT2D eigenvalue weighted by atomic mass is 10.2. The van der Waals surface area contributed by atoms with Gasteiger partial charge in [0.15, 0.2) is 0 Å². The van der Waals surface area contributed by atoms with Crippen LogP contribution in [-0.4, -0.2) is 26.3 Å². The van der Waals surface area contributed by atoms with Gasteiger partial charge >= 0.3 is 0 Å². The van der Waals surface area contributed by atoms with E-state index in [1.165, 1.54) is 0 Å². The average Bonchev–Trinajstić information content (AvgIpc) is 2.76. The van der Waals surface area contributed by atoms with E-state index >= 15 is 0 Å². The molecule has 0 aliphatic heterocycles. The third-order valence-corrected chi connectivity index (χ3v) is 4.45. The molecule has 3 atom stereocenters. The van der Waals surface area contributed by atoms with Gasteiger partial charge < -0.3 is 5.73 Å². The SMILES string of the molecule is CCC(C)n1ccc(CS(=O)CC(C)CN)n1. The lowest BCUT2D eigenvalue weighted by molar-refractivity contribution is 0.475. The summed E-state index contributed by atoms with van der Waals surface area (Å²) in [6, 6.07) is 2.36. The highest BCUT2D eigenvalue weighted by Gasteiger charge is 2.10. The molecule has 1 aromatic heterocycles. The Hall–Kier alpha value is -0.680. The molecular formula is C12H23N3OS. The van der Waals surface area contributed by atoms with Gasteiger partial charge in [0.25, 0.3) is 0 Å². The zero-order chi connectivity index (χ0) is 12.8. The second-order valence-electron chi connectivity index (χ2n) is 4.64. The van der Waals surface area contributed by atoms with Crippen LogP contribution in [0.5, 0.6) is 0 Å². The maximum absolute atomic E-state index is 11.8. The van der Waals surface area contributed by atoms with Crippen molar-refractivity contribution in [2.75, 3.05) is 12.3 Å². The number of hydrogen-bond donors (Lipinski definition) is 1. The monoisotopic (exact) mass is 257 g/mol. The second kappa shape index (κ2) is 6.91. The molecule has 0 amide bonds. The van der Waals surface area contributed by atoms with Crippen LogP contribution in [0.15, 0.2) is 12.3 Å². The van der Waals surface area contributed by atoms with Crippen molar-refractivity contribution in [2.45, 2.75) is 39.0 Å². The van der Waals surface area contributed by atoms with E-state index in [1.807, 2.05) is 23.9 Å². The molecule has 0 radical (unpaired) electrons. The van der Waals surface area contributed by atoms with Crippen LogP contribution in [0.1, 0.15) is 38.9 Å². The number of nitrogens with zero attached hydrogens (tertiary/aromatic N) is 2. The zero-order valence-electron chi connectivity index (χ0n) is 10.9. The Morgan fingerprint density at radius 3 is 2.82 bits per heavy atom. The molecule has 1 aromatic rings. The summed E-state index contributed by atoms with van der Waals surface area (Å²) < 4.78 is 13.8. The number of rotatable bonds is 7. The van der Waals surface area contributed by atoms with Crippen molar-refractivity contribution < 1.29 is 4.21 Å². The molecule has 5 heteroatoms. The summed E-state index contributed by atoms with van der Waals surface area (Å²) in [6.07, 6.45) is 3.02. The largest absolute Gasteiger partial charge is 0.330 e. The van der Waals surface area contributed by atoms with Crippen molar-refractivity contribution in [1.82, 2.24) is 9.78 Å². The minimum absolute atomic E-state index is 0.312. The van der Waals surface area contributed by atoms with Gasteiger partial charge in [0.2, 0.25) is 0 Å². The quantitative estimate of drug-likeness (QED) is 0.808. The molecule has 1 heterocycles. The van der Waals surface area contributed by atoms with Crippen LogP contribution in [0.3, 0.4) is 0 Å². The second-order valence-corrected chi connectivity index (χ2v) is 6.14. The Kier molecular flexibility index (Phi) is 5.85. The molecule has 3 unspecified atom stereocenters. The van der Waals surface area contributed by atoms with Gasteiger partial charge in [0.05, 0.1) is 11.4 Å². The molecular weight excluding hydrogens is 234 g/mol. The molecule has 1 rings (SSSR count). The Labute approximate surface area is 106 Å². The molecule has 0 aliphatic rings. The molecule has 0 aromatic carbocycles. The van der Waals surface area contributed by atoms with Gasteiger partial charge in [-0.05, 0) is 31.9 Å². The number of hydrogen-bond acceptors (Lipinski definition) is 3. The van der Waals surface area contributed by atoms with E-state index in [9.17, 15) is 4.21 Å². The van der Waals surface area contributed by atoms with Crippen molar-refractivity contribution >= 4 is 10.8 Å². The van der Waals surface area contributed by atoms with E-state index in [4.69, 9.17) is 5.73 Å². The first-order chi connectivity index (χ1) is 8.06. The maximum atomic E-state index is 11.8. The molecule has 0 aliphatic carbocycles. The molecule has 98 valence electrons. The first-order valence-corrected chi connectivity index (χ1v) is 7.64. The summed E-state index contributed by atoms with van der Waals surface area (Å²) in [5.41, 5.74) is 6.43. The predicted octanol–water partition coefficient (Wildman–Crippen LogP) is 1.70. The smallest absolute Gasteiger partial charge is 0.0749 e. The summed E-state index contributed by atoms with van der Waals surface area (Å²) in [5.74, 6) is 1.51. The number of aromatic nitrogens is 2. The standard InChI is InChI=1S/C12H23N3OS/c1-4-11(3)15-6-5-12(14-15)9-17(16)8-10(2)7-13/h5-6,10-11H,4,7-9,13H2,1-3H3. The predicted molar refractivity (Wildman–Crippen MR) is 72.2 cm³/mol. The van der Waals surface area contributed by atoms with Crippen LogP contribution < -0.4 is 5.73 Å². The van der Waals surface area contributed by atoms with Gasteiger partial charge in [0.1, 0.15) is 0 Å². The van der Waals surface area contributed by atoms with Crippen molar-refractivity contribution in [3.05, 3.63) is 18.0 Å². The van der Waals surface area contributed by atoms with Crippen molar-refractivity contribution in [3.63, 3.8) is 0 Å². The minimum atomic E-state index is -0.859. The van der Waals surface area contributed by atoms with Crippen molar-refractivity contribution in [1.29, 1.82) is 0 Å². The first kappa shape index (κ1) is 14.4. The van der Waals surface area contributed by atoms with E-state index < -0.39 is 10.8 Å². The van der Waals surface area contributed by atoms with Crippen LogP contribution in [0.2, 0.25) is 0 Å². The summed E-state index contributed by atoms with van der Waals surface area (Å²) >= 11 is 0. The van der Waals surface area contributed by atoms with Crippen LogP contribution in [0.25, 0.3) is 0 Å². The summed E-state index contributed by atoms with van der Waals surface area (Å²) in [6.45, 7) is 6.88. The molecule has 0 spiro atoms. The highest BCUT2D eigenvalue weighted by atomic mass is 32.2. The summed E-state index contributed by atoms with van der Waals surface area (Å²) in [5, 5.41) is 4.45. The average molecular weight is 257 g/mol. The van der Waals surface area contributed by atoms with E-state index in [-0.39, 0.29) is 0 Å². The fraction of sp³-hybridized carbons (Fsp3) is 0.750. The van der Waals surface area contributed by atoms with E-state index in [0.717, 1.165) is 12.1 Å². The summed E-state index contributed by atoms with van der Waals surface area (Å²) in [4.78, 5) is 0. The fourth-order valence-corrected chi connectivity index (χ4v) is 2.87. The Balaban J connectivity index is 2.51. The first-order valence-electron chi connectivity index (χ1n) is 6.15. The molecule has 0 saturated heterocycles. The lowest BCUT2D eigenvalue weighted by Crippen LogP contribution is -2.18. The minimum Gasteiger partial charge on any atom is -0.330 e. The molecule has 2 N–H and O–H groups in total. The summed E-state index contributed by atoms with van der Waals surface area (Å²) in [7, 11) is -0.859. The maximum Gasteiger partial charge on any atom is 0.0749 e. The van der Waals surface area contributed by atoms with Crippen LogP contribution in [0, 0.1) is 5.92 Å². The molecule has 0 fully saturated rings. The van der Waals surface area contributed by atoms with E-state index in [1.54, 1.807) is 0 Å². The fourth-order valence-electron chi connectivity index (χ4n) is 1.50. The van der Waals surface area contributed by atoms with Crippen LogP contribution >= 0.6 is 0 Å². The molecule has 0 saturated carbocycles. The van der Waals surface area contributed by atoms with Crippen LogP contribution in [0.4, 0.5) is 0 Å². The third-order valence-electron chi connectivity index (χ3n) is 2.89. The van der Waals surface area contributed by atoms with Gasteiger partial charge in [-0.3, -0.25) is 8.89 Å². The Morgan fingerprint density at radius 1 is 1.53 bits per heavy atom. The van der Waals surface area contributed by atoms with Gasteiger partial charge in [0, 0.05) is 28.8 Å². The van der Waals surface area contributed by atoms with Crippen molar-refractivity contribution in [3.8, 4) is 0 Å². The van der Waals surface area contributed by atoms with E-state index in [0.29, 0.717) is 30.0 Å². The van der Waals surface area contributed by atoms with Gasteiger partial charge in [-0.25, -0.2) is 0 Å². The molecule has 4 nitrogen and oxygen atoms in total. The highest BCUT2D eigenvalue weighted by molar-refractivity contribution is 7.84. The molecule has 17 heavy (non-hydrogen) atoms. The third kappa shape index (κ3) is 4.60.